The van der Waals surface area contributed by atoms with Gasteiger partial charge in [-0.25, -0.2) is 0 Å². The topological polar surface area (TPSA) is 0 Å². The summed E-state index contributed by atoms with van der Waals surface area (Å²) < 4.78 is 1.60. The standard InChI is InChI=1S/C8H11I/c9-8-3-1-6-5-7(6)2-4-8/h3,6-7H,1-2,4-5H2. The van der Waals surface area contributed by atoms with Gasteiger partial charge in [-0.3, -0.25) is 0 Å². The van der Waals surface area contributed by atoms with E-state index in [9.17, 15) is 0 Å². The average molecular weight is 234 g/mol. The fraction of sp³-hybridized carbons (Fsp3) is 0.750. The minimum absolute atomic E-state index is 1.09. The molecule has 0 spiro atoms. The normalized spacial score (nSPS) is 40.8. The van der Waals surface area contributed by atoms with Crippen LogP contribution in [-0.4, -0.2) is 0 Å². The fourth-order valence-corrected chi connectivity index (χ4v) is 2.22. The Morgan fingerprint density at radius 1 is 1.44 bits per heavy atom. The summed E-state index contributed by atoms with van der Waals surface area (Å²) in [7, 11) is 0. The number of rotatable bonds is 0. The minimum Gasteiger partial charge on any atom is -0.0749 e. The predicted octanol–water partition coefficient (Wildman–Crippen LogP) is 3.13. The molecule has 2 rings (SSSR count). The second-order valence-corrected chi connectivity index (χ2v) is 4.57. The zero-order chi connectivity index (χ0) is 6.27. The molecule has 1 fully saturated rings. The van der Waals surface area contributed by atoms with E-state index < -0.39 is 0 Å². The molecule has 0 aromatic rings. The molecule has 0 aromatic carbocycles. The molecule has 1 heteroatoms. The average Bonchev–Trinajstić information content (AvgIpc) is 2.54. The monoisotopic (exact) mass is 234 g/mol. The predicted molar refractivity (Wildman–Crippen MR) is 47.6 cm³/mol. The third-order valence-electron chi connectivity index (χ3n) is 2.47. The Kier molecular flexibility index (Phi) is 1.55. The van der Waals surface area contributed by atoms with Gasteiger partial charge in [0.1, 0.15) is 0 Å². The maximum atomic E-state index is 2.47. The van der Waals surface area contributed by atoms with Gasteiger partial charge in [-0.1, -0.05) is 6.08 Å². The molecule has 0 nitrogen and oxygen atoms in total. The maximum absolute atomic E-state index is 2.47. The van der Waals surface area contributed by atoms with E-state index in [0.29, 0.717) is 0 Å². The van der Waals surface area contributed by atoms with E-state index >= 15 is 0 Å². The Bertz CT molecular complexity index is 149. The molecule has 0 aromatic heterocycles. The molecule has 9 heavy (non-hydrogen) atoms. The van der Waals surface area contributed by atoms with Gasteiger partial charge in [0, 0.05) is 0 Å². The van der Waals surface area contributed by atoms with E-state index in [1.807, 2.05) is 0 Å². The molecule has 2 atom stereocenters. The first kappa shape index (κ1) is 6.20. The van der Waals surface area contributed by atoms with Crippen molar-refractivity contribution in [3.63, 3.8) is 0 Å². The van der Waals surface area contributed by atoms with Crippen molar-refractivity contribution < 1.29 is 0 Å². The van der Waals surface area contributed by atoms with E-state index in [2.05, 4.69) is 28.7 Å². The van der Waals surface area contributed by atoms with Crippen molar-refractivity contribution in [3.05, 3.63) is 9.66 Å². The van der Waals surface area contributed by atoms with Crippen molar-refractivity contribution in [3.8, 4) is 0 Å². The number of fused-ring (bicyclic) bond motifs is 1. The molecule has 0 radical (unpaired) electrons. The zero-order valence-corrected chi connectivity index (χ0v) is 7.60. The van der Waals surface area contributed by atoms with Crippen molar-refractivity contribution in [2.75, 3.05) is 0 Å². The van der Waals surface area contributed by atoms with E-state index in [0.717, 1.165) is 11.8 Å². The van der Waals surface area contributed by atoms with Crippen LogP contribution in [0.1, 0.15) is 25.7 Å². The van der Waals surface area contributed by atoms with Crippen LogP contribution < -0.4 is 0 Å². The molecule has 1 saturated carbocycles. The van der Waals surface area contributed by atoms with Crippen molar-refractivity contribution in [1.29, 1.82) is 0 Å². The fourth-order valence-electron chi connectivity index (χ4n) is 1.66. The number of hydrogen-bond donors (Lipinski definition) is 0. The van der Waals surface area contributed by atoms with Gasteiger partial charge < -0.3 is 0 Å². The van der Waals surface area contributed by atoms with Gasteiger partial charge in [0.25, 0.3) is 0 Å². The maximum Gasteiger partial charge on any atom is -0.0134 e. The lowest BCUT2D eigenvalue weighted by Gasteiger charge is -1.92. The molecule has 0 saturated heterocycles. The van der Waals surface area contributed by atoms with E-state index in [4.69, 9.17) is 0 Å². The molecule has 0 aliphatic heterocycles. The first-order chi connectivity index (χ1) is 4.36. The largest absolute Gasteiger partial charge is 0.0749 e. The van der Waals surface area contributed by atoms with Crippen LogP contribution in [0.2, 0.25) is 0 Å². The number of halogens is 1. The van der Waals surface area contributed by atoms with Crippen LogP contribution in [0.4, 0.5) is 0 Å². The quantitative estimate of drug-likeness (QED) is 0.565. The van der Waals surface area contributed by atoms with Crippen LogP contribution >= 0.6 is 22.6 Å². The summed E-state index contributed by atoms with van der Waals surface area (Å²) in [6.45, 7) is 0. The van der Waals surface area contributed by atoms with Crippen molar-refractivity contribution >= 4 is 22.6 Å². The van der Waals surface area contributed by atoms with Gasteiger partial charge in [0.15, 0.2) is 0 Å². The highest BCUT2D eigenvalue weighted by Crippen LogP contribution is 2.48. The zero-order valence-electron chi connectivity index (χ0n) is 5.44. The van der Waals surface area contributed by atoms with Gasteiger partial charge in [0.2, 0.25) is 0 Å². The van der Waals surface area contributed by atoms with Crippen LogP contribution in [0.5, 0.6) is 0 Å². The van der Waals surface area contributed by atoms with Gasteiger partial charge in [-0.15, -0.1) is 0 Å². The Morgan fingerprint density at radius 2 is 2.33 bits per heavy atom. The minimum atomic E-state index is 1.09. The van der Waals surface area contributed by atoms with Crippen LogP contribution in [0, 0.1) is 11.8 Å². The van der Waals surface area contributed by atoms with Crippen molar-refractivity contribution in [2.45, 2.75) is 25.7 Å². The summed E-state index contributed by atoms with van der Waals surface area (Å²) in [5.74, 6) is 2.21. The van der Waals surface area contributed by atoms with Crippen molar-refractivity contribution in [2.24, 2.45) is 11.8 Å². The molecule has 2 aliphatic rings. The van der Waals surface area contributed by atoms with Crippen LogP contribution in [-0.2, 0) is 0 Å². The highest BCUT2D eigenvalue weighted by atomic mass is 127. The second-order valence-electron chi connectivity index (χ2n) is 3.18. The second kappa shape index (κ2) is 2.26. The highest BCUT2D eigenvalue weighted by Gasteiger charge is 2.36. The molecular formula is C8H11I. The molecule has 0 bridgehead atoms. The summed E-state index contributed by atoms with van der Waals surface area (Å²) in [6.07, 6.45) is 8.17. The lowest BCUT2D eigenvalue weighted by Crippen LogP contribution is -1.76. The molecule has 2 unspecified atom stereocenters. The number of allylic oxidation sites excluding steroid dienone is 2. The first-order valence-electron chi connectivity index (χ1n) is 3.71. The molecular weight excluding hydrogens is 223 g/mol. The molecule has 0 amide bonds. The number of hydrogen-bond acceptors (Lipinski definition) is 0. The smallest absolute Gasteiger partial charge is 0.0134 e. The molecule has 0 N–H and O–H groups in total. The lowest BCUT2D eigenvalue weighted by molar-refractivity contribution is 0.675. The lowest BCUT2D eigenvalue weighted by atomic mass is 10.2. The summed E-state index contributed by atoms with van der Waals surface area (Å²) >= 11 is 2.47. The Balaban J connectivity index is 2.02. The van der Waals surface area contributed by atoms with E-state index in [-0.39, 0.29) is 0 Å². The van der Waals surface area contributed by atoms with Crippen LogP contribution in [0.15, 0.2) is 9.66 Å². The summed E-state index contributed by atoms with van der Waals surface area (Å²) in [5.41, 5.74) is 0. The van der Waals surface area contributed by atoms with Gasteiger partial charge in [-0.2, -0.15) is 0 Å². The van der Waals surface area contributed by atoms with Gasteiger partial charge in [-0.05, 0) is 63.7 Å². The first-order valence-corrected chi connectivity index (χ1v) is 4.78. The Labute approximate surface area is 69.9 Å². The van der Waals surface area contributed by atoms with E-state index in [1.54, 1.807) is 3.58 Å². The molecule has 50 valence electrons. The summed E-state index contributed by atoms with van der Waals surface area (Å²) in [6, 6.07) is 0. The van der Waals surface area contributed by atoms with Crippen molar-refractivity contribution in [1.82, 2.24) is 0 Å². The third kappa shape index (κ3) is 1.31. The third-order valence-corrected chi connectivity index (χ3v) is 3.44. The summed E-state index contributed by atoms with van der Waals surface area (Å²) in [4.78, 5) is 0. The SMILES string of the molecule is IC1=CCC2CC2CC1. The van der Waals surface area contributed by atoms with Gasteiger partial charge >= 0.3 is 0 Å². The van der Waals surface area contributed by atoms with Gasteiger partial charge in [0.05, 0.1) is 0 Å². The Morgan fingerprint density at radius 3 is 3.22 bits per heavy atom. The van der Waals surface area contributed by atoms with Crippen LogP contribution in [0.3, 0.4) is 0 Å². The molecule has 2 aliphatic carbocycles. The summed E-state index contributed by atoms with van der Waals surface area (Å²) in [5, 5.41) is 0. The molecule has 0 heterocycles. The Hall–Kier alpha value is 0.470. The van der Waals surface area contributed by atoms with E-state index in [1.165, 1.54) is 25.7 Å². The van der Waals surface area contributed by atoms with Crippen LogP contribution in [0.25, 0.3) is 0 Å². The highest BCUT2D eigenvalue weighted by molar-refractivity contribution is 14.1.